The van der Waals surface area contributed by atoms with Crippen LogP contribution in [-0.4, -0.2) is 27.9 Å². The standard InChI is InChI=1S/C23H24N4O3S/c28-19(26-22-24-12-13-31-22)15-27-14-17(8-9-20(27)29)21(30)25-16-23(10-4-5-11-23)18-6-2-1-3-7-18/h1-3,6-9,12-14H,4-5,10-11,15-16H2,(H,25,30)(H,24,26,28). The molecule has 0 aliphatic heterocycles. The molecule has 0 unspecified atom stereocenters. The van der Waals surface area contributed by atoms with Crippen LogP contribution < -0.4 is 16.2 Å². The van der Waals surface area contributed by atoms with Crippen LogP contribution in [0.2, 0.25) is 0 Å². The largest absolute Gasteiger partial charge is 0.351 e. The fourth-order valence-electron chi connectivity index (χ4n) is 4.15. The smallest absolute Gasteiger partial charge is 0.252 e. The third-order valence-electron chi connectivity index (χ3n) is 5.77. The molecule has 8 heteroatoms. The van der Waals surface area contributed by atoms with Gasteiger partial charge in [-0.15, -0.1) is 11.3 Å². The van der Waals surface area contributed by atoms with Gasteiger partial charge >= 0.3 is 0 Å². The predicted molar refractivity (Wildman–Crippen MR) is 120 cm³/mol. The molecule has 1 aliphatic carbocycles. The number of amides is 2. The summed E-state index contributed by atoms with van der Waals surface area (Å²) in [7, 11) is 0. The van der Waals surface area contributed by atoms with Gasteiger partial charge < -0.3 is 15.2 Å². The lowest BCUT2D eigenvalue weighted by Crippen LogP contribution is -2.39. The van der Waals surface area contributed by atoms with Crippen molar-refractivity contribution in [2.45, 2.75) is 37.6 Å². The highest BCUT2D eigenvalue weighted by atomic mass is 32.1. The number of rotatable bonds is 7. The van der Waals surface area contributed by atoms with E-state index in [0.29, 0.717) is 17.2 Å². The minimum absolute atomic E-state index is 0.0566. The second-order valence-electron chi connectivity index (χ2n) is 7.81. The summed E-state index contributed by atoms with van der Waals surface area (Å²) >= 11 is 1.30. The average molecular weight is 437 g/mol. The van der Waals surface area contributed by atoms with E-state index in [1.807, 2.05) is 18.2 Å². The first-order valence-corrected chi connectivity index (χ1v) is 11.2. The normalized spacial score (nSPS) is 14.8. The van der Waals surface area contributed by atoms with Crippen LogP contribution in [0, 0.1) is 0 Å². The third-order valence-corrected chi connectivity index (χ3v) is 6.46. The van der Waals surface area contributed by atoms with Crippen molar-refractivity contribution in [1.82, 2.24) is 14.9 Å². The number of hydrogen-bond acceptors (Lipinski definition) is 5. The second kappa shape index (κ2) is 9.26. The zero-order valence-corrected chi connectivity index (χ0v) is 17.9. The van der Waals surface area contributed by atoms with Crippen LogP contribution >= 0.6 is 11.3 Å². The number of aromatic nitrogens is 2. The van der Waals surface area contributed by atoms with Gasteiger partial charge in [0, 0.05) is 35.8 Å². The molecule has 2 N–H and O–H groups in total. The van der Waals surface area contributed by atoms with E-state index >= 15 is 0 Å². The summed E-state index contributed by atoms with van der Waals surface area (Å²) in [6, 6.07) is 13.1. The number of thiazole rings is 1. The Morgan fingerprint density at radius 3 is 2.58 bits per heavy atom. The first-order valence-electron chi connectivity index (χ1n) is 10.3. The molecule has 3 aromatic rings. The van der Waals surface area contributed by atoms with Crippen molar-refractivity contribution in [2.75, 3.05) is 11.9 Å². The summed E-state index contributed by atoms with van der Waals surface area (Å²) < 4.78 is 1.24. The zero-order valence-electron chi connectivity index (χ0n) is 17.0. The number of carbonyl (C=O) groups excluding carboxylic acids is 2. The zero-order chi connectivity index (χ0) is 21.7. The number of benzene rings is 1. The molecule has 0 saturated heterocycles. The minimum Gasteiger partial charge on any atom is -0.351 e. The number of pyridine rings is 1. The van der Waals surface area contributed by atoms with Gasteiger partial charge in [0.1, 0.15) is 6.54 Å². The number of nitrogens with one attached hydrogen (secondary N) is 2. The van der Waals surface area contributed by atoms with E-state index in [2.05, 4.69) is 27.8 Å². The number of hydrogen-bond donors (Lipinski definition) is 2. The second-order valence-corrected chi connectivity index (χ2v) is 8.70. The van der Waals surface area contributed by atoms with Crippen LogP contribution in [0.25, 0.3) is 0 Å². The first-order chi connectivity index (χ1) is 15.1. The molecule has 1 saturated carbocycles. The van der Waals surface area contributed by atoms with Crippen LogP contribution in [0.4, 0.5) is 5.13 Å². The molecular formula is C23H24N4O3S. The molecule has 2 heterocycles. The van der Waals surface area contributed by atoms with Crippen molar-refractivity contribution >= 4 is 28.3 Å². The SMILES string of the molecule is O=C(Cn1cc(C(=O)NCC2(c3ccccc3)CCCC2)ccc1=O)Nc1nccs1. The summed E-state index contributed by atoms with van der Waals surface area (Å²) in [6.07, 6.45) is 7.38. The molecule has 7 nitrogen and oxygen atoms in total. The lowest BCUT2D eigenvalue weighted by molar-refractivity contribution is -0.116. The maximum atomic E-state index is 12.8. The van der Waals surface area contributed by atoms with E-state index in [4.69, 9.17) is 0 Å². The number of anilines is 1. The Bertz CT molecular complexity index is 1100. The van der Waals surface area contributed by atoms with Gasteiger partial charge in [-0.05, 0) is 24.5 Å². The Labute approximate surface area is 184 Å². The Kier molecular flexibility index (Phi) is 6.27. The summed E-state index contributed by atoms with van der Waals surface area (Å²) in [4.78, 5) is 41.2. The molecule has 1 aliphatic rings. The summed E-state index contributed by atoms with van der Waals surface area (Å²) in [5, 5.41) is 7.91. The summed E-state index contributed by atoms with van der Waals surface area (Å²) in [6.45, 7) is 0.354. The fourth-order valence-corrected chi connectivity index (χ4v) is 4.70. The van der Waals surface area contributed by atoms with Crippen molar-refractivity contribution in [3.63, 3.8) is 0 Å². The Balaban J connectivity index is 1.44. The molecule has 1 aromatic carbocycles. The molecule has 0 atom stereocenters. The van der Waals surface area contributed by atoms with Gasteiger partial charge in [0.15, 0.2) is 5.13 Å². The van der Waals surface area contributed by atoms with Crippen LogP contribution in [0.5, 0.6) is 0 Å². The number of nitrogens with zero attached hydrogens (tertiary/aromatic N) is 2. The number of carbonyl (C=O) groups is 2. The van der Waals surface area contributed by atoms with Crippen LogP contribution in [0.3, 0.4) is 0 Å². The first kappa shape index (κ1) is 21.0. The third kappa shape index (κ3) is 4.91. The Morgan fingerprint density at radius 2 is 1.87 bits per heavy atom. The van der Waals surface area contributed by atoms with Crippen LogP contribution in [-0.2, 0) is 16.8 Å². The summed E-state index contributed by atoms with van der Waals surface area (Å²) in [5.41, 5.74) is 1.20. The highest BCUT2D eigenvalue weighted by molar-refractivity contribution is 7.13. The van der Waals surface area contributed by atoms with Gasteiger partial charge in [0.25, 0.3) is 11.5 Å². The van der Waals surface area contributed by atoms with E-state index in [0.717, 1.165) is 25.7 Å². The van der Waals surface area contributed by atoms with Crippen molar-refractivity contribution in [3.8, 4) is 0 Å². The maximum absolute atomic E-state index is 12.8. The lowest BCUT2D eigenvalue weighted by Gasteiger charge is -2.30. The van der Waals surface area contributed by atoms with Gasteiger partial charge in [-0.3, -0.25) is 14.4 Å². The van der Waals surface area contributed by atoms with Crippen molar-refractivity contribution in [2.24, 2.45) is 0 Å². The quantitative estimate of drug-likeness (QED) is 0.595. The van der Waals surface area contributed by atoms with Crippen molar-refractivity contribution < 1.29 is 9.59 Å². The summed E-state index contributed by atoms with van der Waals surface area (Å²) in [5.74, 6) is -0.625. The molecule has 2 amide bonds. The van der Waals surface area contributed by atoms with E-state index in [1.54, 1.807) is 11.6 Å². The highest BCUT2D eigenvalue weighted by Gasteiger charge is 2.35. The maximum Gasteiger partial charge on any atom is 0.252 e. The topological polar surface area (TPSA) is 93.1 Å². The van der Waals surface area contributed by atoms with E-state index in [-0.39, 0.29) is 29.3 Å². The molecule has 4 rings (SSSR count). The van der Waals surface area contributed by atoms with Crippen molar-refractivity contribution in [3.05, 3.63) is 81.7 Å². The molecule has 160 valence electrons. The molecule has 0 spiro atoms. The van der Waals surface area contributed by atoms with Crippen molar-refractivity contribution in [1.29, 1.82) is 0 Å². The molecule has 2 aromatic heterocycles. The minimum atomic E-state index is -0.372. The van der Waals surface area contributed by atoms with Crippen LogP contribution in [0.1, 0.15) is 41.6 Å². The molecule has 0 bridgehead atoms. The fraction of sp³-hybridized carbons (Fsp3) is 0.304. The van der Waals surface area contributed by atoms with E-state index < -0.39 is 0 Å². The monoisotopic (exact) mass is 436 g/mol. The van der Waals surface area contributed by atoms with Gasteiger partial charge in [0.2, 0.25) is 5.91 Å². The average Bonchev–Trinajstić information content (AvgIpc) is 3.47. The lowest BCUT2D eigenvalue weighted by atomic mass is 9.79. The highest BCUT2D eigenvalue weighted by Crippen LogP contribution is 2.40. The molecule has 31 heavy (non-hydrogen) atoms. The Morgan fingerprint density at radius 1 is 1.10 bits per heavy atom. The molecular weight excluding hydrogens is 412 g/mol. The van der Waals surface area contributed by atoms with Gasteiger partial charge in [0.05, 0.1) is 5.56 Å². The van der Waals surface area contributed by atoms with Gasteiger partial charge in [-0.25, -0.2) is 4.98 Å². The van der Waals surface area contributed by atoms with Gasteiger partial charge in [-0.2, -0.15) is 0 Å². The van der Waals surface area contributed by atoms with Gasteiger partial charge in [-0.1, -0.05) is 43.2 Å². The molecule has 1 fully saturated rings. The van der Waals surface area contributed by atoms with E-state index in [1.165, 1.54) is 39.8 Å². The van der Waals surface area contributed by atoms with Crippen LogP contribution in [0.15, 0.2) is 65.0 Å². The van der Waals surface area contributed by atoms with E-state index in [9.17, 15) is 14.4 Å². The predicted octanol–water partition coefficient (Wildman–Crippen LogP) is 3.19. The Hall–Kier alpha value is -3.26. The molecule has 0 radical (unpaired) electrons.